The van der Waals surface area contributed by atoms with Gasteiger partial charge in [-0.25, -0.2) is 0 Å². The number of aryl methyl sites for hydroxylation is 4. The molecule has 2 aromatic heterocycles. The fourth-order valence-electron chi connectivity index (χ4n) is 2.67. The number of rotatable bonds is 4. The van der Waals surface area contributed by atoms with E-state index in [-0.39, 0.29) is 0 Å². The van der Waals surface area contributed by atoms with Gasteiger partial charge in [-0.2, -0.15) is 9.78 Å². The molecule has 0 aliphatic rings. The molecule has 0 atom stereocenters. The van der Waals surface area contributed by atoms with Gasteiger partial charge in [0.2, 0.25) is 0 Å². The van der Waals surface area contributed by atoms with Crippen LogP contribution < -0.4 is 5.32 Å². The molecule has 0 aliphatic heterocycles. The molecule has 7 heteroatoms. The monoisotopic (exact) mass is 311 g/mol. The van der Waals surface area contributed by atoms with Gasteiger partial charge < -0.3 is 5.32 Å². The molecule has 0 spiro atoms. The van der Waals surface area contributed by atoms with Gasteiger partial charge in [-0.05, 0) is 55.8 Å². The van der Waals surface area contributed by atoms with Crippen LogP contribution in [0.5, 0.6) is 0 Å². The highest BCUT2D eigenvalue weighted by molar-refractivity contribution is 5.55. The Balaban J connectivity index is 1.86. The summed E-state index contributed by atoms with van der Waals surface area (Å²) in [4.78, 5) is 0. The normalized spacial score (nSPS) is 11.0. The molecule has 23 heavy (non-hydrogen) atoms. The van der Waals surface area contributed by atoms with E-state index in [4.69, 9.17) is 0 Å². The Kier molecular flexibility index (Phi) is 3.85. The van der Waals surface area contributed by atoms with Crippen molar-refractivity contribution < 1.29 is 0 Å². The van der Waals surface area contributed by atoms with Crippen molar-refractivity contribution in [2.24, 2.45) is 7.05 Å². The second kappa shape index (κ2) is 5.83. The van der Waals surface area contributed by atoms with Gasteiger partial charge in [0.1, 0.15) is 0 Å². The van der Waals surface area contributed by atoms with Gasteiger partial charge in [0, 0.05) is 30.5 Å². The van der Waals surface area contributed by atoms with Gasteiger partial charge in [0.25, 0.3) is 0 Å². The first-order chi connectivity index (χ1) is 11.0. The lowest BCUT2D eigenvalue weighted by atomic mass is 10.1. The van der Waals surface area contributed by atoms with Gasteiger partial charge in [-0.1, -0.05) is 6.07 Å². The van der Waals surface area contributed by atoms with Crippen LogP contribution in [0, 0.1) is 27.7 Å². The third-order valence-corrected chi connectivity index (χ3v) is 4.19. The Hall–Kier alpha value is -2.70. The van der Waals surface area contributed by atoms with E-state index in [1.54, 1.807) is 4.68 Å². The van der Waals surface area contributed by atoms with Gasteiger partial charge in [-0.3, -0.25) is 4.68 Å². The van der Waals surface area contributed by atoms with E-state index in [0.717, 1.165) is 35.0 Å². The first-order valence-corrected chi connectivity index (χ1v) is 7.56. The van der Waals surface area contributed by atoms with E-state index >= 15 is 0 Å². The zero-order valence-electron chi connectivity index (χ0n) is 14.1. The van der Waals surface area contributed by atoms with Gasteiger partial charge in [-0.15, -0.1) is 5.10 Å². The van der Waals surface area contributed by atoms with Crippen molar-refractivity contribution in [1.29, 1.82) is 0 Å². The van der Waals surface area contributed by atoms with Gasteiger partial charge in [0.05, 0.1) is 11.4 Å². The molecule has 1 N–H and O–H groups in total. The maximum atomic E-state index is 4.45. The van der Waals surface area contributed by atoms with Crippen molar-refractivity contribution in [3.63, 3.8) is 0 Å². The fraction of sp³-hybridized carbons (Fsp3) is 0.375. The van der Waals surface area contributed by atoms with Crippen molar-refractivity contribution in [2.45, 2.75) is 34.2 Å². The Morgan fingerprint density at radius 3 is 2.52 bits per heavy atom. The van der Waals surface area contributed by atoms with Crippen LogP contribution >= 0.6 is 0 Å². The second-order valence-electron chi connectivity index (χ2n) is 5.77. The topological polar surface area (TPSA) is 73.5 Å². The van der Waals surface area contributed by atoms with Crippen molar-refractivity contribution >= 4 is 5.69 Å². The lowest BCUT2D eigenvalue weighted by Crippen LogP contribution is -2.06. The summed E-state index contributed by atoms with van der Waals surface area (Å²) < 4.78 is 3.67. The van der Waals surface area contributed by atoms with Crippen LogP contribution in [0.4, 0.5) is 5.69 Å². The second-order valence-corrected chi connectivity index (χ2v) is 5.77. The van der Waals surface area contributed by atoms with E-state index in [1.807, 2.05) is 25.6 Å². The highest BCUT2D eigenvalue weighted by atomic mass is 15.5. The smallest absolute Gasteiger partial charge is 0.153 e. The maximum absolute atomic E-state index is 4.45. The lowest BCUT2D eigenvalue weighted by molar-refractivity contribution is 0.730. The minimum atomic E-state index is 0.739. The molecule has 0 saturated heterocycles. The SMILES string of the molecule is Cc1ccc(NCc2c(C)nn(C)c2C)cc1-n1nnnc1C. The lowest BCUT2D eigenvalue weighted by Gasteiger charge is -2.11. The van der Waals surface area contributed by atoms with E-state index in [9.17, 15) is 0 Å². The quantitative estimate of drug-likeness (QED) is 0.800. The van der Waals surface area contributed by atoms with Crippen molar-refractivity contribution in [3.8, 4) is 5.69 Å². The molecule has 0 aliphatic carbocycles. The summed E-state index contributed by atoms with van der Waals surface area (Å²) in [5, 5.41) is 19.6. The molecule has 0 saturated carbocycles. The maximum Gasteiger partial charge on any atom is 0.153 e. The zero-order chi connectivity index (χ0) is 16.6. The molecular weight excluding hydrogens is 290 g/mol. The van der Waals surface area contributed by atoms with Crippen molar-refractivity contribution in [2.75, 3.05) is 5.32 Å². The van der Waals surface area contributed by atoms with Gasteiger partial charge >= 0.3 is 0 Å². The number of hydrogen-bond donors (Lipinski definition) is 1. The number of aromatic nitrogens is 6. The van der Waals surface area contributed by atoms with E-state index in [1.165, 1.54) is 11.3 Å². The predicted molar refractivity (Wildman–Crippen MR) is 88.6 cm³/mol. The molecule has 1 aromatic carbocycles. The third kappa shape index (κ3) is 2.81. The summed E-state index contributed by atoms with van der Waals surface area (Å²) in [6, 6.07) is 6.21. The van der Waals surface area contributed by atoms with Crippen LogP contribution in [-0.2, 0) is 13.6 Å². The predicted octanol–water partition coefficient (Wildman–Crippen LogP) is 2.24. The van der Waals surface area contributed by atoms with Crippen molar-refractivity contribution in [3.05, 3.63) is 46.5 Å². The van der Waals surface area contributed by atoms with Crippen LogP contribution in [0.2, 0.25) is 0 Å². The number of anilines is 1. The fourth-order valence-corrected chi connectivity index (χ4v) is 2.67. The van der Waals surface area contributed by atoms with E-state index in [0.29, 0.717) is 0 Å². The molecule has 3 aromatic rings. The van der Waals surface area contributed by atoms with Crippen LogP contribution in [0.1, 0.15) is 28.3 Å². The molecule has 3 rings (SSSR count). The highest BCUT2D eigenvalue weighted by Crippen LogP contribution is 2.21. The number of benzene rings is 1. The summed E-state index contributed by atoms with van der Waals surface area (Å²) in [6.45, 7) is 8.80. The van der Waals surface area contributed by atoms with Gasteiger partial charge in [0.15, 0.2) is 5.82 Å². The van der Waals surface area contributed by atoms with E-state index in [2.05, 4.69) is 58.0 Å². The molecule has 0 bridgehead atoms. The Labute approximate surface area is 135 Å². The summed E-state index contributed by atoms with van der Waals surface area (Å²) in [6.07, 6.45) is 0. The first-order valence-electron chi connectivity index (χ1n) is 7.56. The number of hydrogen-bond acceptors (Lipinski definition) is 5. The number of tetrazole rings is 1. The molecule has 0 amide bonds. The minimum Gasteiger partial charge on any atom is -0.381 e. The van der Waals surface area contributed by atoms with Crippen LogP contribution in [0.3, 0.4) is 0 Å². The molecule has 0 unspecified atom stereocenters. The minimum absolute atomic E-state index is 0.739. The number of nitrogens with zero attached hydrogens (tertiary/aromatic N) is 6. The van der Waals surface area contributed by atoms with Crippen molar-refractivity contribution in [1.82, 2.24) is 30.0 Å². The molecule has 7 nitrogen and oxygen atoms in total. The molecule has 2 heterocycles. The number of nitrogens with one attached hydrogen (secondary N) is 1. The molecular formula is C16H21N7. The summed E-state index contributed by atoms with van der Waals surface area (Å²) in [5.41, 5.74) is 6.60. The van der Waals surface area contributed by atoms with Crippen LogP contribution in [-0.4, -0.2) is 30.0 Å². The highest BCUT2D eigenvalue weighted by Gasteiger charge is 2.11. The average molecular weight is 311 g/mol. The zero-order valence-corrected chi connectivity index (χ0v) is 14.1. The first kappa shape index (κ1) is 15.2. The van der Waals surface area contributed by atoms with Crippen LogP contribution in [0.25, 0.3) is 5.69 Å². The standard InChI is InChI=1S/C16H21N7/c1-10-6-7-14(8-16(10)23-13(4)18-20-21-23)17-9-15-11(2)19-22(5)12(15)3/h6-8,17H,9H2,1-5H3. The largest absolute Gasteiger partial charge is 0.381 e. The Morgan fingerprint density at radius 1 is 1.13 bits per heavy atom. The molecule has 0 fully saturated rings. The molecule has 0 radical (unpaired) electrons. The summed E-state index contributed by atoms with van der Waals surface area (Å²) in [7, 11) is 1.97. The van der Waals surface area contributed by atoms with Crippen LogP contribution in [0.15, 0.2) is 18.2 Å². The summed E-state index contributed by atoms with van der Waals surface area (Å²) >= 11 is 0. The average Bonchev–Trinajstić information content (AvgIpc) is 3.03. The van der Waals surface area contributed by atoms with E-state index < -0.39 is 0 Å². The summed E-state index contributed by atoms with van der Waals surface area (Å²) in [5.74, 6) is 0.768. The third-order valence-electron chi connectivity index (χ3n) is 4.19. The molecule has 120 valence electrons. The Bertz CT molecular complexity index is 844. The Morgan fingerprint density at radius 2 is 1.91 bits per heavy atom.